The van der Waals surface area contributed by atoms with Crippen molar-refractivity contribution in [3.8, 4) is 0 Å². The molecule has 0 radical (unpaired) electrons. The third kappa shape index (κ3) is 4.43. The highest BCUT2D eigenvalue weighted by atomic mass is 32.2. The molecule has 1 amide bonds. The number of thiophene rings is 1. The summed E-state index contributed by atoms with van der Waals surface area (Å²) in [7, 11) is -3.71. The number of aryl methyl sites for hydroxylation is 2. The average molecular weight is 367 g/mol. The van der Waals surface area contributed by atoms with Crippen LogP contribution in [0.2, 0.25) is 0 Å². The van der Waals surface area contributed by atoms with Crippen LogP contribution in [0.4, 0.5) is 5.69 Å². The van der Waals surface area contributed by atoms with E-state index >= 15 is 0 Å². The predicted octanol–water partition coefficient (Wildman–Crippen LogP) is 3.31. The maximum Gasteiger partial charge on any atom is 0.250 e. The highest BCUT2D eigenvalue weighted by Gasteiger charge is 2.29. The maximum atomic E-state index is 12.6. The van der Waals surface area contributed by atoms with E-state index in [-0.39, 0.29) is 16.0 Å². The quantitative estimate of drug-likeness (QED) is 0.823. The molecule has 1 heterocycles. The smallest absolute Gasteiger partial charge is 0.250 e. The Hall–Kier alpha value is -1.70. The van der Waals surface area contributed by atoms with Crippen molar-refractivity contribution in [2.75, 3.05) is 5.32 Å². The van der Waals surface area contributed by atoms with Gasteiger partial charge in [-0.25, -0.2) is 8.42 Å². The van der Waals surface area contributed by atoms with E-state index < -0.39 is 16.1 Å². The summed E-state index contributed by atoms with van der Waals surface area (Å²) >= 11 is 1.12. The summed E-state index contributed by atoms with van der Waals surface area (Å²) < 4.78 is 27.5. The van der Waals surface area contributed by atoms with E-state index in [2.05, 4.69) is 10.0 Å². The summed E-state index contributed by atoms with van der Waals surface area (Å²) in [5.41, 5.74) is 2.85. The van der Waals surface area contributed by atoms with Crippen molar-refractivity contribution in [3.63, 3.8) is 0 Å². The van der Waals surface area contributed by atoms with Gasteiger partial charge in [0.2, 0.25) is 5.91 Å². The molecule has 1 atom stereocenters. The SMILES string of the molecule is Cc1ccc(NC(=O)[C@@H](NS(=O)(=O)c2cccs2)C(C)C)cc1C. The zero-order valence-corrected chi connectivity index (χ0v) is 15.8. The minimum Gasteiger partial charge on any atom is -0.325 e. The fourth-order valence-electron chi connectivity index (χ4n) is 2.17. The molecule has 0 spiro atoms. The van der Waals surface area contributed by atoms with Crippen molar-refractivity contribution >= 4 is 33.0 Å². The Labute approximate surface area is 147 Å². The Kier molecular flexibility index (Phi) is 5.79. The predicted molar refractivity (Wildman–Crippen MR) is 97.8 cm³/mol. The summed E-state index contributed by atoms with van der Waals surface area (Å²) in [5, 5.41) is 4.49. The van der Waals surface area contributed by atoms with Crippen LogP contribution in [0.1, 0.15) is 25.0 Å². The van der Waals surface area contributed by atoms with E-state index in [9.17, 15) is 13.2 Å². The molecule has 7 heteroatoms. The van der Waals surface area contributed by atoms with Crippen molar-refractivity contribution in [3.05, 3.63) is 46.8 Å². The van der Waals surface area contributed by atoms with Gasteiger partial charge in [-0.05, 0) is 54.5 Å². The second-order valence-electron chi connectivity index (χ2n) is 6.06. The molecule has 0 aliphatic rings. The van der Waals surface area contributed by atoms with Gasteiger partial charge in [-0.1, -0.05) is 26.0 Å². The average Bonchev–Trinajstić information content (AvgIpc) is 3.03. The van der Waals surface area contributed by atoms with Crippen LogP contribution in [0.5, 0.6) is 0 Å². The first-order valence-corrected chi connectivity index (χ1v) is 10.0. The Morgan fingerprint density at radius 2 is 1.83 bits per heavy atom. The minimum atomic E-state index is -3.71. The third-order valence-corrected chi connectivity index (χ3v) is 6.60. The lowest BCUT2D eigenvalue weighted by atomic mass is 10.0. The van der Waals surface area contributed by atoms with E-state index in [1.807, 2.05) is 45.9 Å². The Bertz CT molecular complexity index is 812. The molecule has 0 bridgehead atoms. The zero-order chi connectivity index (χ0) is 17.9. The van der Waals surface area contributed by atoms with Crippen molar-refractivity contribution in [1.82, 2.24) is 4.72 Å². The number of rotatable bonds is 6. The number of hydrogen-bond donors (Lipinski definition) is 2. The van der Waals surface area contributed by atoms with E-state index in [1.165, 1.54) is 6.07 Å². The lowest BCUT2D eigenvalue weighted by Crippen LogP contribution is -2.46. The topological polar surface area (TPSA) is 75.3 Å². The number of benzene rings is 1. The van der Waals surface area contributed by atoms with Crippen LogP contribution >= 0.6 is 11.3 Å². The molecule has 5 nitrogen and oxygen atoms in total. The monoisotopic (exact) mass is 366 g/mol. The number of anilines is 1. The van der Waals surface area contributed by atoms with Gasteiger partial charge < -0.3 is 5.32 Å². The normalized spacial score (nSPS) is 13.0. The van der Waals surface area contributed by atoms with Gasteiger partial charge in [0, 0.05) is 5.69 Å². The van der Waals surface area contributed by atoms with Crippen LogP contribution in [-0.2, 0) is 14.8 Å². The first-order valence-electron chi connectivity index (χ1n) is 7.64. The second-order valence-corrected chi connectivity index (χ2v) is 8.95. The minimum absolute atomic E-state index is 0.189. The molecule has 1 aromatic heterocycles. The molecule has 0 fully saturated rings. The van der Waals surface area contributed by atoms with Gasteiger partial charge in [-0.3, -0.25) is 4.79 Å². The molecule has 0 aliphatic heterocycles. The van der Waals surface area contributed by atoms with Gasteiger partial charge in [0.05, 0.1) is 0 Å². The summed E-state index contributed by atoms with van der Waals surface area (Å²) in [5.74, 6) is -0.556. The summed E-state index contributed by atoms with van der Waals surface area (Å²) in [6.07, 6.45) is 0. The van der Waals surface area contributed by atoms with E-state index in [0.717, 1.165) is 22.5 Å². The van der Waals surface area contributed by atoms with Crippen molar-refractivity contribution in [2.45, 2.75) is 37.9 Å². The van der Waals surface area contributed by atoms with Crippen molar-refractivity contribution < 1.29 is 13.2 Å². The standard InChI is InChI=1S/C17H22N2O3S2/c1-11(2)16(19-24(21,22)15-6-5-9-23-15)17(20)18-14-8-7-12(3)13(4)10-14/h5-11,16,19H,1-4H3,(H,18,20)/t16-/m0/s1. The number of sulfonamides is 1. The first-order chi connectivity index (χ1) is 11.2. The fraction of sp³-hybridized carbons (Fsp3) is 0.353. The Morgan fingerprint density at radius 3 is 2.38 bits per heavy atom. The number of carbonyl (C=O) groups is 1. The van der Waals surface area contributed by atoms with Gasteiger partial charge >= 0.3 is 0 Å². The van der Waals surface area contributed by atoms with Gasteiger partial charge in [0.15, 0.2) is 0 Å². The zero-order valence-electron chi connectivity index (χ0n) is 14.2. The van der Waals surface area contributed by atoms with Gasteiger partial charge in [-0.2, -0.15) is 4.72 Å². The molecule has 2 aromatic rings. The van der Waals surface area contributed by atoms with Crippen LogP contribution < -0.4 is 10.0 Å². The van der Waals surface area contributed by atoms with Gasteiger partial charge in [-0.15, -0.1) is 11.3 Å². The van der Waals surface area contributed by atoms with E-state index in [4.69, 9.17) is 0 Å². The van der Waals surface area contributed by atoms with E-state index in [0.29, 0.717) is 5.69 Å². The van der Waals surface area contributed by atoms with Crippen LogP contribution in [0.3, 0.4) is 0 Å². The van der Waals surface area contributed by atoms with Gasteiger partial charge in [0.25, 0.3) is 10.0 Å². The summed E-state index contributed by atoms with van der Waals surface area (Å²) in [6.45, 7) is 7.57. The molecule has 2 rings (SSSR count). The molecule has 0 unspecified atom stereocenters. The lowest BCUT2D eigenvalue weighted by molar-refractivity contribution is -0.118. The molecule has 0 saturated carbocycles. The molecule has 24 heavy (non-hydrogen) atoms. The molecule has 1 aromatic carbocycles. The molecule has 0 aliphatic carbocycles. The lowest BCUT2D eigenvalue weighted by Gasteiger charge is -2.21. The molecule has 0 saturated heterocycles. The molecule has 130 valence electrons. The number of carbonyl (C=O) groups excluding carboxylic acids is 1. The third-order valence-electron chi connectivity index (χ3n) is 3.77. The highest BCUT2D eigenvalue weighted by molar-refractivity contribution is 7.91. The first kappa shape index (κ1) is 18.6. The highest BCUT2D eigenvalue weighted by Crippen LogP contribution is 2.19. The summed E-state index contributed by atoms with van der Waals surface area (Å²) in [6, 6.07) is 7.94. The number of hydrogen-bond acceptors (Lipinski definition) is 4. The Morgan fingerprint density at radius 1 is 1.12 bits per heavy atom. The van der Waals surface area contributed by atoms with Crippen LogP contribution in [0.15, 0.2) is 39.9 Å². The molecular formula is C17H22N2O3S2. The largest absolute Gasteiger partial charge is 0.325 e. The van der Waals surface area contributed by atoms with Gasteiger partial charge in [0.1, 0.15) is 10.3 Å². The maximum absolute atomic E-state index is 12.6. The Balaban J connectivity index is 2.18. The van der Waals surface area contributed by atoms with Crippen LogP contribution in [0.25, 0.3) is 0 Å². The van der Waals surface area contributed by atoms with E-state index in [1.54, 1.807) is 11.4 Å². The van der Waals surface area contributed by atoms with Crippen molar-refractivity contribution in [1.29, 1.82) is 0 Å². The molecular weight excluding hydrogens is 344 g/mol. The van der Waals surface area contributed by atoms with Crippen molar-refractivity contribution in [2.24, 2.45) is 5.92 Å². The fourth-order valence-corrected chi connectivity index (χ4v) is 4.53. The number of amides is 1. The van der Waals surface area contributed by atoms with Crippen LogP contribution in [-0.4, -0.2) is 20.4 Å². The van der Waals surface area contributed by atoms with Crippen LogP contribution in [0, 0.1) is 19.8 Å². The number of nitrogens with one attached hydrogen (secondary N) is 2. The summed E-state index contributed by atoms with van der Waals surface area (Å²) in [4.78, 5) is 12.6. The second kappa shape index (κ2) is 7.46. The molecule has 2 N–H and O–H groups in total.